The molecule has 0 saturated heterocycles. The molecule has 2 aromatic heterocycles. The summed E-state index contributed by atoms with van der Waals surface area (Å²) >= 11 is 3.11. The zero-order valence-electron chi connectivity index (χ0n) is 17.2. The number of benzene rings is 2. The lowest BCUT2D eigenvalue weighted by molar-refractivity contribution is 0.426. The molecule has 1 aliphatic heterocycles. The van der Waals surface area contributed by atoms with Crippen LogP contribution in [0.4, 0.5) is 14.5 Å². The Kier molecular flexibility index (Phi) is 5.93. The number of fused-ring (bicyclic) bond motifs is 1. The molecule has 4 aromatic rings. The molecule has 1 aliphatic rings. The van der Waals surface area contributed by atoms with E-state index in [1.165, 1.54) is 23.9 Å². The fourth-order valence-corrected chi connectivity index (χ4v) is 5.71. The lowest BCUT2D eigenvalue weighted by Crippen LogP contribution is -2.23. The summed E-state index contributed by atoms with van der Waals surface area (Å²) in [7, 11) is 1.89. The summed E-state index contributed by atoms with van der Waals surface area (Å²) in [6.45, 7) is 1.38. The lowest BCUT2D eigenvalue weighted by atomic mass is 10.1. The van der Waals surface area contributed by atoms with Gasteiger partial charge in [0.25, 0.3) is 0 Å². The molecule has 5 rings (SSSR count). The van der Waals surface area contributed by atoms with Gasteiger partial charge >= 0.3 is 0 Å². The molecule has 2 aromatic carbocycles. The second-order valence-corrected chi connectivity index (χ2v) is 9.72. The van der Waals surface area contributed by atoms with Gasteiger partial charge in [0.05, 0.1) is 12.2 Å². The Bertz CT molecular complexity index is 1240. The van der Waals surface area contributed by atoms with Crippen LogP contribution in [0.1, 0.15) is 23.0 Å². The van der Waals surface area contributed by atoms with E-state index >= 15 is 0 Å². The minimum absolute atomic E-state index is 0.0369. The summed E-state index contributed by atoms with van der Waals surface area (Å²) < 4.78 is 35.2. The summed E-state index contributed by atoms with van der Waals surface area (Å²) in [6, 6.07) is 16.3. The Balaban J connectivity index is 1.36. The van der Waals surface area contributed by atoms with Crippen molar-refractivity contribution in [1.82, 2.24) is 14.8 Å². The van der Waals surface area contributed by atoms with Crippen LogP contribution in [-0.4, -0.2) is 21.3 Å². The molecule has 1 unspecified atom stereocenters. The number of hydrogen-bond donors (Lipinski definition) is 0. The van der Waals surface area contributed by atoms with E-state index < -0.39 is 11.6 Å². The third-order valence-corrected chi connectivity index (χ3v) is 7.66. The molecule has 32 heavy (non-hydrogen) atoms. The van der Waals surface area contributed by atoms with E-state index in [1.807, 2.05) is 35.9 Å². The second kappa shape index (κ2) is 8.99. The predicted octanol–water partition coefficient (Wildman–Crippen LogP) is 6.08. The van der Waals surface area contributed by atoms with E-state index in [1.54, 1.807) is 24.2 Å². The summed E-state index contributed by atoms with van der Waals surface area (Å²) in [5.41, 5.74) is 1.91. The van der Waals surface area contributed by atoms with Crippen LogP contribution in [0.2, 0.25) is 0 Å². The first-order valence-electron chi connectivity index (χ1n) is 10.1. The van der Waals surface area contributed by atoms with Gasteiger partial charge in [-0.1, -0.05) is 18.2 Å². The molecule has 0 fully saturated rings. The molecule has 0 N–H and O–H groups in total. The molecule has 3 heterocycles. The van der Waals surface area contributed by atoms with Crippen LogP contribution in [-0.2, 0) is 13.6 Å². The lowest BCUT2D eigenvalue weighted by Gasteiger charge is -2.23. The fraction of sp³-hybridized carbons (Fsp3) is 0.217. The van der Waals surface area contributed by atoms with Crippen molar-refractivity contribution in [1.29, 1.82) is 0 Å². The molecule has 1 atom stereocenters. The van der Waals surface area contributed by atoms with Gasteiger partial charge in [0, 0.05) is 23.7 Å². The average Bonchev–Trinajstić information content (AvgIpc) is 3.36. The van der Waals surface area contributed by atoms with E-state index in [0.717, 1.165) is 45.1 Å². The van der Waals surface area contributed by atoms with Crippen molar-refractivity contribution in [3.8, 4) is 0 Å². The van der Waals surface area contributed by atoms with E-state index in [9.17, 15) is 8.78 Å². The highest BCUT2D eigenvalue weighted by Crippen LogP contribution is 2.45. The van der Waals surface area contributed by atoms with Crippen molar-refractivity contribution < 1.29 is 13.2 Å². The number of halogens is 2. The van der Waals surface area contributed by atoms with Gasteiger partial charge in [0.1, 0.15) is 12.1 Å². The Morgan fingerprint density at radius 3 is 2.81 bits per heavy atom. The maximum absolute atomic E-state index is 13.8. The highest BCUT2D eigenvalue weighted by molar-refractivity contribution is 7.99. The zero-order valence-corrected chi connectivity index (χ0v) is 18.9. The minimum Gasteiger partial charge on any atom is -0.453 e. The molecule has 5 nitrogen and oxygen atoms in total. The van der Waals surface area contributed by atoms with E-state index in [-0.39, 0.29) is 5.25 Å². The Morgan fingerprint density at radius 1 is 1.12 bits per heavy atom. The minimum atomic E-state index is -0.817. The molecular weight excluding hydrogens is 450 g/mol. The molecule has 9 heteroatoms. The van der Waals surface area contributed by atoms with E-state index in [2.05, 4.69) is 27.2 Å². The summed E-state index contributed by atoms with van der Waals surface area (Å²) in [4.78, 5) is 3.39. The average molecular weight is 471 g/mol. The van der Waals surface area contributed by atoms with Crippen LogP contribution in [0, 0.1) is 11.6 Å². The van der Waals surface area contributed by atoms with Crippen molar-refractivity contribution in [2.45, 2.75) is 33.4 Å². The van der Waals surface area contributed by atoms with E-state index in [0.29, 0.717) is 6.54 Å². The van der Waals surface area contributed by atoms with Crippen molar-refractivity contribution in [3.63, 3.8) is 0 Å². The number of furan rings is 1. The number of aryl methyl sites for hydroxylation is 1. The number of para-hydroxylation sites is 1. The Morgan fingerprint density at radius 2 is 2.00 bits per heavy atom. The first-order chi connectivity index (χ1) is 15.6. The van der Waals surface area contributed by atoms with Crippen LogP contribution in [0.3, 0.4) is 0 Å². The van der Waals surface area contributed by atoms with Gasteiger partial charge in [-0.3, -0.25) is 0 Å². The third-order valence-electron chi connectivity index (χ3n) is 5.30. The normalized spacial score (nSPS) is 16.1. The Labute approximate surface area is 192 Å². The van der Waals surface area contributed by atoms with Crippen molar-refractivity contribution in [2.75, 3.05) is 11.4 Å². The molecule has 0 spiro atoms. The molecule has 0 amide bonds. The standard InChI is InChI=1S/C23H20F2N4OS2/c1-28-14-26-27-23(28)32-22-9-7-16(30-22)13-29-11-10-20(15-6-8-17(24)18(25)12-15)31-21-5-3-2-4-19(21)29/h2-9,12,14,20H,10-11,13H2,1H3. The van der Waals surface area contributed by atoms with E-state index in [4.69, 9.17) is 4.42 Å². The van der Waals surface area contributed by atoms with Crippen molar-refractivity contribution in [2.24, 2.45) is 7.05 Å². The van der Waals surface area contributed by atoms with Gasteiger partial charge in [-0.25, -0.2) is 8.78 Å². The molecule has 0 bridgehead atoms. The van der Waals surface area contributed by atoms with Gasteiger partial charge in [-0.05, 0) is 60.1 Å². The van der Waals surface area contributed by atoms with Crippen LogP contribution in [0.25, 0.3) is 0 Å². The second-order valence-electron chi connectivity index (χ2n) is 7.51. The highest BCUT2D eigenvalue weighted by Gasteiger charge is 2.24. The first-order valence-corrected chi connectivity index (χ1v) is 11.8. The molecule has 0 saturated carbocycles. The molecular formula is C23H20F2N4OS2. The number of aromatic nitrogens is 3. The molecule has 0 aliphatic carbocycles. The largest absolute Gasteiger partial charge is 0.453 e. The quantitative estimate of drug-likeness (QED) is 0.352. The van der Waals surface area contributed by atoms with Crippen molar-refractivity contribution >= 4 is 29.2 Å². The number of nitrogens with zero attached hydrogens (tertiary/aromatic N) is 4. The molecule has 0 radical (unpaired) electrons. The maximum Gasteiger partial charge on any atom is 0.198 e. The van der Waals surface area contributed by atoms with Crippen molar-refractivity contribution in [3.05, 3.63) is 83.9 Å². The predicted molar refractivity (Wildman–Crippen MR) is 121 cm³/mol. The van der Waals surface area contributed by atoms with Crippen LogP contribution in [0.15, 0.2) is 80.5 Å². The maximum atomic E-state index is 13.8. The highest BCUT2D eigenvalue weighted by atomic mass is 32.2. The summed E-state index contributed by atoms with van der Waals surface area (Å²) in [5, 5.41) is 9.53. The van der Waals surface area contributed by atoms with Crippen LogP contribution in [0.5, 0.6) is 0 Å². The number of thioether (sulfide) groups is 1. The number of anilines is 1. The van der Waals surface area contributed by atoms with Gasteiger partial charge in [-0.2, -0.15) is 0 Å². The monoisotopic (exact) mass is 470 g/mol. The SMILES string of the molecule is Cn1cnnc1Sc1ccc(CN2CCC(c3ccc(F)c(F)c3)Sc3ccccc32)o1. The van der Waals surface area contributed by atoms with Crippen LogP contribution < -0.4 is 4.90 Å². The molecule has 164 valence electrons. The number of rotatable bonds is 5. The zero-order chi connectivity index (χ0) is 22.1. The summed E-state index contributed by atoms with van der Waals surface area (Å²) in [5.74, 6) is -0.774. The van der Waals surface area contributed by atoms with Gasteiger partial charge in [0.2, 0.25) is 0 Å². The third kappa shape index (κ3) is 4.40. The number of hydrogen-bond acceptors (Lipinski definition) is 6. The van der Waals surface area contributed by atoms with Crippen LogP contribution >= 0.6 is 23.5 Å². The first kappa shape index (κ1) is 21.1. The topological polar surface area (TPSA) is 47.1 Å². The van der Waals surface area contributed by atoms with Gasteiger partial charge in [0.15, 0.2) is 21.9 Å². The Hall–Kier alpha value is -2.78. The van der Waals surface area contributed by atoms with Gasteiger partial charge < -0.3 is 13.9 Å². The smallest absolute Gasteiger partial charge is 0.198 e. The fourth-order valence-electron chi connectivity index (χ4n) is 3.68. The van der Waals surface area contributed by atoms with Gasteiger partial charge in [-0.15, -0.1) is 22.0 Å². The summed E-state index contributed by atoms with van der Waals surface area (Å²) in [6.07, 6.45) is 2.45.